The molecule has 17 heavy (non-hydrogen) atoms. The minimum absolute atomic E-state index is 0.0116. The number of nitrogen functional groups attached to an aromatic ring is 1. The summed E-state index contributed by atoms with van der Waals surface area (Å²) in [5, 5.41) is 19.5. The molecule has 1 aromatic rings. The molecule has 0 radical (unpaired) electrons. The van der Waals surface area contributed by atoms with Crippen molar-refractivity contribution in [3.63, 3.8) is 0 Å². The largest absolute Gasteiger partial charge is 0.398 e. The second-order valence-corrected chi connectivity index (χ2v) is 3.70. The maximum atomic E-state index is 10.7. The lowest BCUT2D eigenvalue weighted by atomic mass is 10.2. The maximum absolute atomic E-state index is 10.7. The van der Waals surface area contributed by atoms with E-state index in [1.54, 1.807) is 6.07 Å². The fraction of sp³-hybridized carbons (Fsp3) is 0.455. The van der Waals surface area contributed by atoms with Crippen LogP contribution >= 0.6 is 0 Å². The lowest BCUT2D eigenvalue weighted by Crippen LogP contribution is -2.24. The molecule has 1 rings (SSSR count). The van der Waals surface area contributed by atoms with Gasteiger partial charge in [-0.1, -0.05) is 0 Å². The summed E-state index contributed by atoms with van der Waals surface area (Å²) in [6.45, 7) is 3.40. The first-order valence-corrected chi connectivity index (χ1v) is 5.49. The molecule has 0 aliphatic carbocycles. The van der Waals surface area contributed by atoms with Gasteiger partial charge in [-0.2, -0.15) is 0 Å². The molecular formula is C11H17N3O3. The number of nitro benzene ring substituents is 1. The van der Waals surface area contributed by atoms with E-state index in [1.165, 1.54) is 12.1 Å². The SMILES string of the molecule is CCN(CCCO)c1cc(N)cc([N+](=O)[O-])c1. The molecule has 1 aromatic carbocycles. The Morgan fingerprint density at radius 1 is 1.47 bits per heavy atom. The summed E-state index contributed by atoms with van der Waals surface area (Å²) in [6.07, 6.45) is 0.621. The highest BCUT2D eigenvalue weighted by Crippen LogP contribution is 2.25. The molecule has 0 amide bonds. The lowest BCUT2D eigenvalue weighted by Gasteiger charge is -2.22. The zero-order valence-corrected chi connectivity index (χ0v) is 9.80. The monoisotopic (exact) mass is 239 g/mol. The quantitative estimate of drug-likeness (QED) is 0.444. The summed E-state index contributed by atoms with van der Waals surface area (Å²) in [5.74, 6) is 0. The Balaban J connectivity index is 2.98. The molecule has 0 saturated carbocycles. The minimum Gasteiger partial charge on any atom is -0.398 e. The number of aliphatic hydroxyl groups excluding tert-OH is 1. The second kappa shape index (κ2) is 6.05. The molecule has 3 N–H and O–H groups in total. The Morgan fingerprint density at radius 3 is 2.71 bits per heavy atom. The van der Waals surface area contributed by atoms with Gasteiger partial charge in [-0.15, -0.1) is 0 Å². The number of non-ortho nitro benzene ring substituents is 1. The van der Waals surface area contributed by atoms with Gasteiger partial charge in [-0.25, -0.2) is 0 Å². The summed E-state index contributed by atoms with van der Waals surface area (Å²) in [7, 11) is 0. The summed E-state index contributed by atoms with van der Waals surface area (Å²) < 4.78 is 0. The number of aliphatic hydroxyl groups is 1. The number of hydrogen-bond donors (Lipinski definition) is 2. The molecule has 0 spiro atoms. The first-order chi connectivity index (χ1) is 8.08. The van der Waals surface area contributed by atoms with Crippen molar-refractivity contribution in [2.24, 2.45) is 0 Å². The van der Waals surface area contributed by atoms with E-state index in [4.69, 9.17) is 10.8 Å². The Kier molecular flexibility index (Phi) is 4.71. The van der Waals surface area contributed by atoms with Crippen LogP contribution in [0.15, 0.2) is 18.2 Å². The molecule has 0 aliphatic rings. The van der Waals surface area contributed by atoms with Gasteiger partial charge < -0.3 is 15.7 Å². The maximum Gasteiger partial charge on any atom is 0.273 e. The number of nitrogens with zero attached hydrogens (tertiary/aromatic N) is 2. The highest BCUT2D eigenvalue weighted by atomic mass is 16.6. The highest BCUT2D eigenvalue weighted by Gasteiger charge is 2.12. The zero-order valence-electron chi connectivity index (χ0n) is 9.80. The van der Waals surface area contributed by atoms with E-state index < -0.39 is 4.92 Å². The summed E-state index contributed by atoms with van der Waals surface area (Å²) >= 11 is 0. The van der Waals surface area contributed by atoms with Gasteiger partial charge in [0.15, 0.2) is 0 Å². The van der Waals surface area contributed by atoms with E-state index in [9.17, 15) is 10.1 Å². The van der Waals surface area contributed by atoms with Crippen LogP contribution in [0.25, 0.3) is 0 Å². The van der Waals surface area contributed by atoms with Crippen molar-refractivity contribution in [1.82, 2.24) is 0 Å². The summed E-state index contributed by atoms with van der Waals surface area (Å²) in [6, 6.07) is 4.54. The van der Waals surface area contributed by atoms with Crippen molar-refractivity contribution in [2.45, 2.75) is 13.3 Å². The van der Waals surface area contributed by atoms with E-state index in [-0.39, 0.29) is 12.3 Å². The zero-order chi connectivity index (χ0) is 12.8. The third-order valence-corrected chi connectivity index (χ3v) is 2.47. The van der Waals surface area contributed by atoms with Crippen LogP contribution < -0.4 is 10.6 Å². The van der Waals surface area contributed by atoms with E-state index in [0.717, 1.165) is 0 Å². The number of benzene rings is 1. The Morgan fingerprint density at radius 2 is 2.18 bits per heavy atom. The van der Waals surface area contributed by atoms with E-state index in [2.05, 4.69) is 0 Å². The standard InChI is InChI=1S/C11H17N3O3/c1-2-13(4-3-5-15)10-6-9(12)7-11(8-10)14(16)17/h6-8,15H,2-5,12H2,1H3. The van der Waals surface area contributed by atoms with Crippen LogP contribution in [0.2, 0.25) is 0 Å². The Hall–Kier alpha value is -1.82. The van der Waals surface area contributed by atoms with Crippen molar-refractivity contribution in [3.8, 4) is 0 Å². The van der Waals surface area contributed by atoms with Crippen LogP contribution in [0, 0.1) is 10.1 Å². The molecule has 0 aromatic heterocycles. The van der Waals surface area contributed by atoms with Gasteiger partial charge in [0, 0.05) is 43.2 Å². The first-order valence-electron chi connectivity index (χ1n) is 5.49. The predicted molar refractivity (Wildman–Crippen MR) is 67.1 cm³/mol. The van der Waals surface area contributed by atoms with Gasteiger partial charge in [0.25, 0.3) is 5.69 Å². The molecule has 6 heteroatoms. The molecule has 0 fully saturated rings. The van der Waals surface area contributed by atoms with Crippen LogP contribution in [-0.4, -0.2) is 29.7 Å². The third kappa shape index (κ3) is 3.60. The smallest absolute Gasteiger partial charge is 0.273 e. The average molecular weight is 239 g/mol. The van der Waals surface area contributed by atoms with Gasteiger partial charge >= 0.3 is 0 Å². The second-order valence-electron chi connectivity index (χ2n) is 3.70. The molecule has 94 valence electrons. The summed E-state index contributed by atoms with van der Waals surface area (Å²) in [4.78, 5) is 12.2. The van der Waals surface area contributed by atoms with Gasteiger partial charge in [-0.3, -0.25) is 10.1 Å². The van der Waals surface area contributed by atoms with Gasteiger partial charge in [0.05, 0.1) is 4.92 Å². The number of nitrogens with two attached hydrogens (primary N) is 1. The number of hydrogen-bond acceptors (Lipinski definition) is 5. The molecule has 6 nitrogen and oxygen atoms in total. The van der Waals surface area contributed by atoms with Crippen molar-refractivity contribution < 1.29 is 10.0 Å². The lowest BCUT2D eigenvalue weighted by molar-refractivity contribution is -0.384. The van der Waals surface area contributed by atoms with E-state index in [1.807, 2.05) is 11.8 Å². The van der Waals surface area contributed by atoms with Crippen LogP contribution in [0.5, 0.6) is 0 Å². The highest BCUT2D eigenvalue weighted by molar-refractivity contribution is 5.62. The Bertz CT molecular complexity index is 396. The minimum atomic E-state index is -0.459. The molecule has 0 unspecified atom stereocenters. The average Bonchev–Trinajstić information content (AvgIpc) is 2.29. The van der Waals surface area contributed by atoms with Crippen LogP contribution in [0.1, 0.15) is 13.3 Å². The van der Waals surface area contributed by atoms with E-state index >= 15 is 0 Å². The van der Waals surface area contributed by atoms with Crippen LogP contribution in [0.3, 0.4) is 0 Å². The number of nitro groups is 1. The summed E-state index contributed by atoms with van der Waals surface area (Å²) in [5.41, 5.74) is 6.71. The fourth-order valence-corrected chi connectivity index (χ4v) is 1.64. The van der Waals surface area contributed by atoms with Crippen LogP contribution in [-0.2, 0) is 0 Å². The number of anilines is 2. The van der Waals surface area contributed by atoms with Crippen molar-refractivity contribution in [1.29, 1.82) is 0 Å². The normalized spacial score (nSPS) is 10.2. The molecule has 0 saturated heterocycles. The van der Waals surface area contributed by atoms with E-state index in [0.29, 0.717) is 30.9 Å². The molecule has 0 atom stereocenters. The van der Waals surface area contributed by atoms with Crippen molar-refractivity contribution in [2.75, 3.05) is 30.3 Å². The predicted octanol–water partition coefficient (Wildman–Crippen LogP) is 1.39. The number of rotatable bonds is 6. The third-order valence-electron chi connectivity index (χ3n) is 2.47. The van der Waals surface area contributed by atoms with Crippen molar-refractivity contribution in [3.05, 3.63) is 28.3 Å². The molecule has 0 bridgehead atoms. The topological polar surface area (TPSA) is 92.6 Å². The van der Waals surface area contributed by atoms with Gasteiger partial charge in [-0.05, 0) is 19.4 Å². The fourth-order valence-electron chi connectivity index (χ4n) is 1.64. The first kappa shape index (κ1) is 13.2. The molecule has 0 aliphatic heterocycles. The van der Waals surface area contributed by atoms with Gasteiger partial charge in [0.1, 0.15) is 0 Å². The molecular weight excluding hydrogens is 222 g/mol. The van der Waals surface area contributed by atoms with Gasteiger partial charge in [0.2, 0.25) is 0 Å². The Labute approximate surface area is 99.8 Å². The van der Waals surface area contributed by atoms with Crippen molar-refractivity contribution >= 4 is 17.1 Å². The molecule has 0 heterocycles. The van der Waals surface area contributed by atoms with Crippen LogP contribution in [0.4, 0.5) is 17.1 Å².